The zero-order valence-electron chi connectivity index (χ0n) is 13.9. The molecule has 0 saturated heterocycles. The number of benzene rings is 2. The van der Waals surface area contributed by atoms with Crippen molar-refractivity contribution >= 4 is 28.9 Å². The molecule has 26 heavy (non-hydrogen) atoms. The van der Waals surface area contributed by atoms with Gasteiger partial charge >= 0.3 is 0 Å². The Morgan fingerprint density at radius 1 is 1.08 bits per heavy atom. The lowest BCUT2D eigenvalue weighted by molar-refractivity contribution is 0.102. The van der Waals surface area contributed by atoms with Crippen LogP contribution in [-0.4, -0.2) is 17.4 Å². The smallest absolute Gasteiger partial charge is 0.274 e. The third-order valence-corrected chi connectivity index (χ3v) is 3.99. The average molecular weight is 370 g/mol. The van der Waals surface area contributed by atoms with Crippen LogP contribution in [0.2, 0.25) is 5.02 Å². The van der Waals surface area contributed by atoms with Crippen LogP contribution >= 0.6 is 11.6 Å². The molecule has 6 heteroatoms. The summed E-state index contributed by atoms with van der Waals surface area (Å²) in [5, 5.41) is 6.46. The second-order valence-electron chi connectivity index (χ2n) is 5.67. The molecular formula is C20H17ClFN3O. The first kappa shape index (κ1) is 17.9. The third kappa shape index (κ3) is 4.80. The molecule has 1 heterocycles. The molecule has 3 aromatic rings. The summed E-state index contributed by atoms with van der Waals surface area (Å²) in [4.78, 5) is 16.3. The maximum Gasteiger partial charge on any atom is 0.274 e. The Morgan fingerprint density at radius 2 is 1.92 bits per heavy atom. The van der Waals surface area contributed by atoms with Crippen LogP contribution in [0.1, 0.15) is 16.1 Å². The molecule has 0 saturated carbocycles. The molecule has 0 aliphatic rings. The van der Waals surface area contributed by atoms with E-state index in [0.29, 0.717) is 6.54 Å². The number of carbonyl (C=O) groups excluding carboxylic acids is 1. The van der Waals surface area contributed by atoms with Gasteiger partial charge in [-0.3, -0.25) is 4.79 Å². The highest BCUT2D eigenvalue weighted by molar-refractivity contribution is 6.30. The van der Waals surface area contributed by atoms with Gasteiger partial charge in [0.15, 0.2) is 0 Å². The molecule has 0 aliphatic heterocycles. The third-order valence-electron chi connectivity index (χ3n) is 3.75. The number of hydrogen-bond donors (Lipinski definition) is 2. The number of hydrogen-bond acceptors (Lipinski definition) is 3. The van der Waals surface area contributed by atoms with E-state index in [0.717, 1.165) is 22.7 Å². The number of halogens is 2. The molecule has 0 aliphatic carbocycles. The molecule has 0 unspecified atom stereocenters. The summed E-state index contributed by atoms with van der Waals surface area (Å²) in [6, 6.07) is 17.1. The molecule has 0 fully saturated rings. The molecule has 4 nitrogen and oxygen atoms in total. The molecule has 132 valence electrons. The number of pyridine rings is 1. The molecule has 0 bridgehead atoms. The average Bonchev–Trinajstić information content (AvgIpc) is 2.64. The van der Waals surface area contributed by atoms with Crippen molar-refractivity contribution in [3.8, 4) is 0 Å². The number of nitrogens with zero attached hydrogens (tertiary/aromatic N) is 1. The number of rotatable bonds is 6. The van der Waals surface area contributed by atoms with Gasteiger partial charge in [-0.1, -0.05) is 35.9 Å². The lowest BCUT2D eigenvalue weighted by Crippen LogP contribution is -2.14. The summed E-state index contributed by atoms with van der Waals surface area (Å²) >= 11 is 5.96. The first-order valence-corrected chi connectivity index (χ1v) is 8.50. The van der Waals surface area contributed by atoms with E-state index in [2.05, 4.69) is 15.6 Å². The maximum absolute atomic E-state index is 13.6. The van der Waals surface area contributed by atoms with E-state index in [1.807, 2.05) is 24.3 Å². The first-order valence-electron chi connectivity index (χ1n) is 8.12. The molecule has 0 spiro atoms. The fourth-order valence-corrected chi connectivity index (χ4v) is 2.64. The Labute approximate surface area is 156 Å². The van der Waals surface area contributed by atoms with Crippen molar-refractivity contribution in [2.24, 2.45) is 0 Å². The normalized spacial score (nSPS) is 10.4. The van der Waals surface area contributed by atoms with Gasteiger partial charge in [0.05, 0.1) is 17.6 Å². The summed E-state index contributed by atoms with van der Waals surface area (Å²) in [5.41, 5.74) is 2.28. The van der Waals surface area contributed by atoms with E-state index in [1.54, 1.807) is 30.5 Å². The van der Waals surface area contributed by atoms with Crippen LogP contribution in [-0.2, 0) is 6.42 Å². The first-order chi connectivity index (χ1) is 12.6. The zero-order chi connectivity index (χ0) is 18.4. The Bertz CT molecular complexity index is 900. The zero-order valence-corrected chi connectivity index (χ0v) is 14.6. The predicted octanol–water partition coefficient (Wildman–Crippen LogP) is 4.78. The highest BCUT2D eigenvalue weighted by Gasteiger charge is 2.10. The van der Waals surface area contributed by atoms with Crippen LogP contribution < -0.4 is 10.6 Å². The van der Waals surface area contributed by atoms with Crippen LogP contribution in [0.25, 0.3) is 0 Å². The molecule has 0 atom stereocenters. The van der Waals surface area contributed by atoms with E-state index in [1.165, 1.54) is 12.1 Å². The van der Waals surface area contributed by atoms with Gasteiger partial charge in [-0.2, -0.15) is 0 Å². The highest BCUT2D eigenvalue weighted by Crippen LogP contribution is 2.15. The van der Waals surface area contributed by atoms with Crippen molar-refractivity contribution in [1.29, 1.82) is 0 Å². The molecule has 0 radical (unpaired) electrons. The fourth-order valence-electron chi connectivity index (χ4n) is 2.43. The molecule has 2 N–H and O–H groups in total. The lowest BCUT2D eigenvalue weighted by atomic mass is 10.1. The summed E-state index contributed by atoms with van der Waals surface area (Å²) in [6.07, 6.45) is 2.39. The van der Waals surface area contributed by atoms with Crippen LogP contribution in [0.4, 0.5) is 15.8 Å². The maximum atomic E-state index is 13.6. The topological polar surface area (TPSA) is 54.0 Å². The Morgan fingerprint density at radius 3 is 2.65 bits per heavy atom. The second-order valence-corrected chi connectivity index (χ2v) is 6.11. The predicted molar refractivity (Wildman–Crippen MR) is 102 cm³/mol. The lowest BCUT2D eigenvalue weighted by Gasteiger charge is -2.08. The minimum Gasteiger partial charge on any atom is -0.383 e. The van der Waals surface area contributed by atoms with E-state index in [-0.39, 0.29) is 11.4 Å². The highest BCUT2D eigenvalue weighted by atomic mass is 35.5. The van der Waals surface area contributed by atoms with Crippen molar-refractivity contribution in [2.45, 2.75) is 6.42 Å². The number of carbonyl (C=O) groups is 1. The van der Waals surface area contributed by atoms with Crippen molar-refractivity contribution in [2.75, 3.05) is 17.2 Å². The number of para-hydroxylation sites is 1. The number of amides is 1. The van der Waals surface area contributed by atoms with Gasteiger partial charge < -0.3 is 10.6 Å². The second kappa shape index (κ2) is 8.45. The minimum atomic E-state index is -0.486. The standard InChI is InChI=1S/C20H17ClFN3O/c21-15-5-3-4-14(12-15)10-11-23-16-8-9-19(24-13-16)20(26)25-18-7-2-1-6-17(18)22/h1-9,12-13,23H,10-11H2,(H,25,26). The van der Waals surface area contributed by atoms with Crippen LogP contribution in [0.5, 0.6) is 0 Å². The van der Waals surface area contributed by atoms with Gasteiger partial charge in [-0.15, -0.1) is 0 Å². The monoisotopic (exact) mass is 369 g/mol. The summed E-state index contributed by atoms with van der Waals surface area (Å²) in [7, 11) is 0. The number of nitrogens with one attached hydrogen (secondary N) is 2. The molecule has 3 rings (SSSR count). The Balaban J connectivity index is 1.54. The van der Waals surface area contributed by atoms with Gasteiger partial charge in [0.2, 0.25) is 0 Å². The van der Waals surface area contributed by atoms with Crippen LogP contribution in [0.3, 0.4) is 0 Å². The van der Waals surface area contributed by atoms with Crippen molar-refractivity contribution in [3.63, 3.8) is 0 Å². The van der Waals surface area contributed by atoms with Crippen molar-refractivity contribution < 1.29 is 9.18 Å². The van der Waals surface area contributed by atoms with Gasteiger partial charge in [-0.25, -0.2) is 9.37 Å². The SMILES string of the molecule is O=C(Nc1ccccc1F)c1ccc(NCCc2cccc(Cl)c2)cn1. The van der Waals surface area contributed by atoms with Gasteiger partial charge in [0.1, 0.15) is 11.5 Å². The van der Waals surface area contributed by atoms with Gasteiger partial charge in [0, 0.05) is 11.6 Å². The van der Waals surface area contributed by atoms with Gasteiger partial charge in [0.25, 0.3) is 5.91 Å². The van der Waals surface area contributed by atoms with Crippen molar-refractivity contribution in [1.82, 2.24) is 4.98 Å². The summed E-state index contributed by atoms with van der Waals surface area (Å²) in [5.74, 6) is -0.944. The molecule has 1 aromatic heterocycles. The number of anilines is 2. The van der Waals surface area contributed by atoms with E-state index in [9.17, 15) is 9.18 Å². The summed E-state index contributed by atoms with van der Waals surface area (Å²) < 4.78 is 13.6. The van der Waals surface area contributed by atoms with E-state index < -0.39 is 11.7 Å². The van der Waals surface area contributed by atoms with Crippen LogP contribution in [0.15, 0.2) is 66.9 Å². The van der Waals surface area contributed by atoms with Crippen molar-refractivity contribution in [3.05, 3.63) is 89.0 Å². The Kier molecular flexibility index (Phi) is 5.81. The largest absolute Gasteiger partial charge is 0.383 e. The fraction of sp³-hybridized carbons (Fsp3) is 0.100. The van der Waals surface area contributed by atoms with E-state index >= 15 is 0 Å². The van der Waals surface area contributed by atoms with E-state index in [4.69, 9.17) is 11.6 Å². The molecular weight excluding hydrogens is 353 g/mol. The van der Waals surface area contributed by atoms with Gasteiger partial charge in [-0.05, 0) is 48.4 Å². The quantitative estimate of drug-likeness (QED) is 0.657. The Hall–Kier alpha value is -2.92. The number of aromatic nitrogens is 1. The summed E-state index contributed by atoms with van der Waals surface area (Å²) in [6.45, 7) is 0.711. The van der Waals surface area contributed by atoms with Crippen LogP contribution in [0, 0.1) is 5.82 Å². The minimum absolute atomic E-state index is 0.128. The molecule has 1 amide bonds. The molecule has 2 aromatic carbocycles.